The monoisotopic (exact) mass is 766 g/mol. The van der Waals surface area contributed by atoms with Crippen molar-refractivity contribution in [3.8, 4) is 0 Å². The van der Waals surface area contributed by atoms with Crippen LogP contribution in [0.4, 0.5) is 0 Å². The quantitative estimate of drug-likeness (QED) is 0.0407. The number of rotatable bonds is 20. The standard InChI is InChI=1S/C31H50N4O18/c1-15-24(43)26(45)28(47)30(51-15)49-10-8-32-20(39)12-17(34-19(38)4-2-3-5-23(42)53-35-21(40)6-7-22(35)41)29(48)33-9-11-50-31-27(46)25(44)16(13-36)18(14-37)52-31/h15-18,24-28,30-31,36-37,43-47H,2-14H2,1H3,(H,32,39)(H,33,48)(H,34,38)/t15-,16+,17-,18+,24+,25-,26+,27-,28-,30+,31-/m0/s1. The highest BCUT2D eigenvalue weighted by Crippen LogP contribution is 2.26. The van der Waals surface area contributed by atoms with Gasteiger partial charge in [-0.2, -0.15) is 0 Å². The number of carbonyl (C=O) groups excluding carboxylic acids is 6. The molecule has 0 aromatic heterocycles. The highest BCUT2D eigenvalue weighted by Gasteiger charge is 2.45. The van der Waals surface area contributed by atoms with Crippen LogP contribution in [0.25, 0.3) is 0 Å². The van der Waals surface area contributed by atoms with E-state index in [2.05, 4.69) is 16.0 Å². The van der Waals surface area contributed by atoms with E-state index in [0.29, 0.717) is 5.06 Å². The number of unbranched alkanes of at least 4 members (excludes halogenated alkanes) is 1. The second-order valence-electron chi connectivity index (χ2n) is 12.7. The topological polar surface area (TPSA) is 330 Å². The first-order chi connectivity index (χ1) is 25.2. The van der Waals surface area contributed by atoms with Crippen molar-refractivity contribution >= 4 is 35.5 Å². The minimum Gasteiger partial charge on any atom is -0.396 e. The summed E-state index contributed by atoms with van der Waals surface area (Å²) in [6.07, 6.45) is -12.8. The molecule has 11 atom stereocenters. The molecule has 10 N–H and O–H groups in total. The Hall–Kier alpha value is -3.42. The Balaban J connectivity index is 1.48. The molecule has 3 heterocycles. The number of imide groups is 1. The molecule has 0 radical (unpaired) electrons. The largest absolute Gasteiger partial charge is 0.396 e. The highest BCUT2D eigenvalue weighted by atomic mass is 16.7. The van der Waals surface area contributed by atoms with E-state index in [1.165, 1.54) is 6.92 Å². The summed E-state index contributed by atoms with van der Waals surface area (Å²) in [6.45, 7) is -0.514. The first-order valence-electron chi connectivity index (χ1n) is 17.2. The van der Waals surface area contributed by atoms with Crippen LogP contribution in [0.5, 0.6) is 0 Å². The lowest BCUT2D eigenvalue weighted by Crippen LogP contribution is -2.57. The third-order valence-corrected chi connectivity index (χ3v) is 8.72. The second-order valence-corrected chi connectivity index (χ2v) is 12.7. The molecular weight excluding hydrogens is 716 g/mol. The summed E-state index contributed by atoms with van der Waals surface area (Å²) in [6, 6.07) is -1.41. The fraction of sp³-hybridized carbons (Fsp3) is 0.806. The number of hydrogen-bond donors (Lipinski definition) is 10. The molecule has 3 aliphatic rings. The van der Waals surface area contributed by atoms with Gasteiger partial charge in [-0.1, -0.05) is 0 Å². The Morgan fingerprint density at radius 1 is 0.774 bits per heavy atom. The lowest BCUT2D eigenvalue weighted by Gasteiger charge is -2.41. The van der Waals surface area contributed by atoms with Crippen molar-refractivity contribution in [2.75, 3.05) is 39.5 Å². The first kappa shape index (κ1) is 44.0. The zero-order chi connectivity index (χ0) is 39.2. The number of nitrogens with one attached hydrogen (secondary N) is 3. The van der Waals surface area contributed by atoms with Gasteiger partial charge in [0, 0.05) is 44.7 Å². The third-order valence-electron chi connectivity index (χ3n) is 8.72. The minimum atomic E-state index is -1.58. The van der Waals surface area contributed by atoms with Gasteiger partial charge in [0.15, 0.2) is 12.6 Å². The number of carbonyl (C=O) groups is 6. The fourth-order valence-electron chi connectivity index (χ4n) is 5.61. The number of hydrogen-bond acceptors (Lipinski definition) is 18. The summed E-state index contributed by atoms with van der Waals surface area (Å²) in [7, 11) is 0. The molecule has 0 aromatic carbocycles. The van der Waals surface area contributed by atoms with Crippen LogP contribution in [0.2, 0.25) is 0 Å². The average molecular weight is 767 g/mol. The van der Waals surface area contributed by atoms with Crippen molar-refractivity contribution in [3.63, 3.8) is 0 Å². The zero-order valence-corrected chi connectivity index (χ0v) is 29.1. The molecule has 0 saturated carbocycles. The smallest absolute Gasteiger partial charge is 0.333 e. The number of amides is 5. The molecule has 0 aliphatic carbocycles. The number of aliphatic hydroxyl groups is 7. The summed E-state index contributed by atoms with van der Waals surface area (Å²) in [4.78, 5) is 78.6. The van der Waals surface area contributed by atoms with Gasteiger partial charge in [0.25, 0.3) is 11.8 Å². The molecule has 3 rings (SSSR count). The van der Waals surface area contributed by atoms with Crippen LogP contribution in [0.15, 0.2) is 0 Å². The van der Waals surface area contributed by atoms with Gasteiger partial charge in [0.05, 0.1) is 51.2 Å². The van der Waals surface area contributed by atoms with Crippen LogP contribution < -0.4 is 16.0 Å². The molecule has 0 spiro atoms. The van der Waals surface area contributed by atoms with Crippen LogP contribution in [0, 0.1) is 5.92 Å². The van der Waals surface area contributed by atoms with Gasteiger partial charge in [0.2, 0.25) is 17.7 Å². The van der Waals surface area contributed by atoms with Crippen molar-refractivity contribution in [3.05, 3.63) is 0 Å². The first-order valence-corrected chi connectivity index (χ1v) is 17.2. The van der Waals surface area contributed by atoms with E-state index in [0.717, 1.165) is 0 Å². The fourth-order valence-corrected chi connectivity index (χ4v) is 5.61. The number of ether oxygens (including phenoxy) is 4. The normalized spacial score (nSPS) is 30.8. The molecule has 3 aliphatic heterocycles. The van der Waals surface area contributed by atoms with E-state index in [9.17, 15) is 64.5 Å². The van der Waals surface area contributed by atoms with Crippen LogP contribution >= 0.6 is 0 Å². The molecule has 22 heteroatoms. The Kier molecular flexibility index (Phi) is 17.8. The number of hydroxylamine groups is 2. The predicted molar refractivity (Wildman–Crippen MR) is 171 cm³/mol. The molecule has 53 heavy (non-hydrogen) atoms. The molecule has 0 unspecified atom stereocenters. The van der Waals surface area contributed by atoms with Gasteiger partial charge in [0.1, 0.15) is 30.5 Å². The van der Waals surface area contributed by atoms with Gasteiger partial charge in [-0.25, -0.2) is 4.79 Å². The average Bonchev–Trinajstić information content (AvgIpc) is 3.44. The van der Waals surface area contributed by atoms with E-state index < -0.39 is 122 Å². The van der Waals surface area contributed by atoms with E-state index in [1.54, 1.807) is 0 Å². The van der Waals surface area contributed by atoms with Crippen molar-refractivity contribution in [2.24, 2.45) is 5.92 Å². The van der Waals surface area contributed by atoms with E-state index in [1.807, 2.05) is 0 Å². The lowest BCUT2D eigenvalue weighted by atomic mass is 9.90. The Morgan fingerprint density at radius 2 is 1.36 bits per heavy atom. The van der Waals surface area contributed by atoms with Crippen LogP contribution in [0.3, 0.4) is 0 Å². The minimum absolute atomic E-state index is 0.0609. The predicted octanol–water partition coefficient (Wildman–Crippen LogP) is -5.83. The number of aliphatic hydroxyl groups excluding tert-OH is 7. The van der Waals surface area contributed by atoms with Gasteiger partial charge < -0.3 is 75.5 Å². The van der Waals surface area contributed by atoms with Crippen molar-refractivity contribution in [1.29, 1.82) is 0 Å². The molecule has 0 bridgehead atoms. The van der Waals surface area contributed by atoms with E-state index in [-0.39, 0.29) is 64.8 Å². The maximum Gasteiger partial charge on any atom is 0.333 e. The maximum absolute atomic E-state index is 13.1. The summed E-state index contributed by atoms with van der Waals surface area (Å²) in [5.74, 6) is -5.24. The summed E-state index contributed by atoms with van der Waals surface area (Å²) < 4.78 is 21.5. The molecule has 3 fully saturated rings. The Bertz CT molecular complexity index is 1240. The van der Waals surface area contributed by atoms with Crippen molar-refractivity contribution < 1.29 is 88.3 Å². The van der Waals surface area contributed by atoms with Crippen LogP contribution in [0.1, 0.15) is 51.9 Å². The summed E-state index contributed by atoms with van der Waals surface area (Å²) in [5.41, 5.74) is 0. The Labute approximate surface area is 303 Å². The number of nitrogens with zero attached hydrogens (tertiary/aromatic N) is 1. The SMILES string of the molecule is C[C@@H]1O[C@@H](OCCNC(=O)C[C@H](NC(=O)CCCCC(=O)ON2C(=O)CCC2=O)C(=O)NCCO[C@H]2O[C@H](CO)[C@@H](CO)[C@H](O)[C@@H]2O)[C@@H](O)[C@H](O)[C@@H]1O. The van der Waals surface area contributed by atoms with Gasteiger partial charge >= 0.3 is 5.97 Å². The van der Waals surface area contributed by atoms with Crippen molar-refractivity contribution in [2.45, 2.75) is 113 Å². The van der Waals surface area contributed by atoms with Crippen LogP contribution in [-0.4, -0.2) is 177 Å². The molecule has 302 valence electrons. The highest BCUT2D eigenvalue weighted by molar-refractivity contribution is 6.01. The second kappa shape index (κ2) is 21.5. The summed E-state index contributed by atoms with van der Waals surface area (Å²) >= 11 is 0. The van der Waals surface area contributed by atoms with Crippen molar-refractivity contribution in [1.82, 2.24) is 21.0 Å². The van der Waals surface area contributed by atoms with Gasteiger partial charge in [-0.05, 0) is 19.8 Å². The maximum atomic E-state index is 13.1. The van der Waals surface area contributed by atoms with Gasteiger partial charge in [-0.15, -0.1) is 5.06 Å². The Morgan fingerprint density at radius 3 is 1.98 bits per heavy atom. The lowest BCUT2D eigenvalue weighted by molar-refractivity contribution is -0.292. The van der Waals surface area contributed by atoms with E-state index in [4.69, 9.17) is 23.8 Å². The molecule has 5 amide bonds. The molecule has 3 saturated heterocycles. The van der Waals surface area contributed by atoms with Gasteiger partial charge in [-0.3, -0.25) is 24.0 Å². The zero-order valence-electron chi connectivity index (χ0n) is 29.1. The molecular formula is C31H50N4O18. The summed E-state index contributed by atoms with van der Waals surface area (Å²) in [5, 5.41) is 77.1. The third kappa shape index (κ3) is 12.8. The molecule has 0 aromatic rings. The van der Waals surface area contributed by atoms with Crippen LogP contribution in [-0.2, 0) is 52.6 Å². The molecule has 22 nitrogen and oxygen atoms in total. The van der Waals surface area contributed by atoms with E-state index >= 15 is 0 Å².